The molecule has 206 valence electrons. The molecule has 2 aliphatic rings. The number of anilines is 2. The van der Waals surface area contributed by atoms with Crippen molar-refractivity contribution in [3.05, 3.63) is 53.2 Å². The summed E-state index contributed by atoms with van der Waals surface area (Å²) in [5.74, 6) is 0.539. The minimum Gasteiger partial charge on any atom is -0.324 e. The third-order valence-electron chi connectivity index (χ3n) is 6.95. The summed E-state index contributed by atoms with van der Waals surface area (Å²) >= 11 is 0. The number of hydrogen-bond acceptors (Lipinski definition) is 7. The minimum atomic E-state index is -0.292. The van der Waals surface area contributed by atoms with Crippen LogP contribution >= 0.6 is 0 Å². The van der Waals surface area contributed by atoms with Gasteiger partial charge in [-0.05, 0) is 46.0 Å². The molecule has 2 N–H and O–H groups in total. The number of rotatable bonds is 4. The number of carbonyl (C=O) groups is 2. The van der Waals surface area contributed by atoms with Crippen molar-refractivity contribution >= 4 is 23.5 Å². The highest BCUT2D eigenvalue weighted by molar-refractivity contribution is 6.02. The Morgan fingerprint density at radius 3 is 1.24 bits per heavy atom. The molecule has 1 heterocycles. The number of allylic oxidation sites excluding steroid dienone is 6. The maximum absolute atomic E-state index is 13.3. The highest BCUT2D eigenvalue weighted by atomic mass is 16.1. The molecule has 7 heteroatoms. The molecule has 0 amide bonds. The summed E-state index contributed by atoms with van der Waals surface area (Å²) in [6.45, 7) is 24.8. The molecule has 0 aromatic carbocycles. The van der Waals surface area contributed by atoms with Gasteiger partial charge in [-0.1, -0.05) is 83.1 Å². The predicted molar refractivity (Wildman–Crippen MR) is 154 cm³/mol. The molecular weight excluding hydrogens is 474 g/mol. The van der Waals surface area contributed by atoms with Gasteiger partial charge in [-0.2, -0.15) is 4.98 Å². The predicted octanol–water partition coefficient (Wildman–Crippen LogP) is 6.90. The van der Waals surface area contributed by atoms with Crippen molar-refractivity contribution < 1.29 is 9.59 Å². The van der Waals surface area contributed by atoms with Crippen LogP contribution in [0.25, 0.3) is 0 Å². The molecule has 0 radical (unpaired) electrons. The number of nitrogens with zero attached hydrogens (tertiary/aromatic N) is 3. The van der Waals surface area contributed by atoms with Gasteiger partial charge < -0.3 is 10.6 Å². The van der Waals surface area contributed by atoms with Crippen LogP contribution in [0.4, 0.5) is 11.9 Å². The third-order valence-corrected chi connectivity index (χ3v) is 6.95. The SMILES string of the molecule is CC(C)(C)C1=CC(Nc2ncnc(NC3=CC(C(C)(C)C)C(=O)C(C(C)(C)C)=C3)n2)=CC(C(C)(C)C)C1=O. The lowest BCUT2D eigenvalue weighted by Crippen LogP contribution is -2.35. The fourth-order valence-electron chi connectivity index (χ4n) is 4.68. The van der Waals surface area contributed by atoms with E-state index in [1.807, 2.05) is 24.3 Å². The van der Waals surface area contributed by atoms with Crippen molar-refractivity contribution in [1.82, 2.24) is 15.0 Å². The van der Waals surface area contributed by atoms with Crippen LogP contribution in [0.5, 0.6) is 0 Å². The number of ketones is 2. The highest BCUT2D eigenvalue weighted by Gasteiger charge is 2.39. The summed E-state index contributed by atoms with van der Waals surface area (Å²) in [5, 5.41) is 6.60. The molecule has 0 fully saturated rings. The summed E-state index contributed by atoms with van der Waals surface area (Å²) < 4.78 is 0. The average molecular weight is 520 g/mol. The molecule has 2 unspecified atom stereocenters. The first-order valence-corrected chi connectivity index (χ1v) is 13.4. The van der Waals surface area contributed by atoms with Crippen LogP contribution in [0, 0.1) is 33.5 Å². The molecule has 0 aliphatic heterocycles. The lowest BCUT2D eigenvalue weighted by Gasteiger charge is -2.35. The summed E-state index contributed by atoms with van der Waals surface area (Å²) in [7, 11) is 0. The van der Waals surface area contributed by atoms with Gasteiger partial charge >= 0.3 is 0 Å². The maximum Gasteiger partial charge on any atom is 0.231 e. The summed E-state index contributed by atoms with van der Waals surface area (Å²) in [4.78, 5) is 39.8. The van der Waals surface area contributed by atoms with Crippen molar-refractivity contribution in [2.45, 2.75) is 83.1 Å². The number of aromatic nitrogens is 3. The van der Waals surface area contributed by atoms with Gasteiger partial charge in [0, 0.05) is 34.4 Å². The number of hydrogen-bond donors (Lipinski definition) is 2. The summed E-state index contributed by atoms with van der Waals surface area (Å²) in [5.41, 5.74) is 2.09. The molecule has 0 saturated heterocycles. The van der Waals surface area contributed by atoms with E-state index in [0.717, 1.165) is 22.5 Å². The molecule has 2 atom stereocenters. The average Bonchev–Trinajstić information content (AvgIpc) is 2.73. The zero-order valence-electron chi connectivity index (χ0n) is 25.2. The van der Waals surface area contributed by atoms with Gasteiger partial charge in [-0.15, -0.1) is 0 Å². The molecule has 7 nitrogen and oxygen atoms in total. The van der Waals surface area contributed by atoms with E-state index in [4.69, 9.17) is 0 Å². The van der Waals surface area contributed by atoms with Crippen molar-refractivity contribution in [2.75, 3.05) is 10.6 Å². The molecule has 0 saturated carbocycles. The minimum absolute atomic E-state index is 0.155. The molecular formula is C31H45N5O2. The van der Waals surface area contributed by atoms with Gasteiger partial charge in [0.1, 0.15) is 6.33 Å². The third kappa shape index (κ3) is 6.66. The van der Waals surface area contributed by atoms with E-state index in [2.05, 4.69) is 109 Å². The van der Waals surface area contributed by atoms with Gasteiger partial charge in [-0.3, -0.25) is 9.59 Å². The normalized spacial score (nSPS) is 21.4. The quantitative estimate of drug-likeness (QED) is 0.447. The summed E-state index contributed by atoms with van der Waals surface area (Å²) in [6.07, 6.45) is 9.20. The second-order valence-corrected chi connectivity index (χ2v) is 14.7. The Morgan fingerprint density at radius 1 is 0.605 bits per heavy atom. The molecule has 3 rings (SSSR count). The van der Waals surface area contributed by atoms with Crippen molar-refractivity contribution in [3.8, 4) is 0 Å². The van der Waals surface area contributed by atoms with Crippen LogP contribution in [-0.4, -0.2) is 26.5 Å². The van der Waals surface area contributed by atoms with Crippen LogP contribution in [0.3, 0.4) is 0 Å². The molecule has 1 aromatic heterocycles. The first-order valence-electron chi connectivity index (χ1n) is 13.4. The Hall–Kier alpha value is -3.09. The van der Waals surface area contributed by atoms with Crippen LogP contribution in [0.15, 0.2) is 53.2 Å². The zero-order chi connectivity index (χ0) is 28.8. The smallest absolute Gasteiger partial charge is 0.231 e. The Balaban J connectivity index is 1.94. The largest absolute Gasteiger partial charge is 0.324 e. The zero-order valence-corrected chi connectivity index (χ0v) is 25.2. The first-order chi connectivity index (χ1) is 17.2. The van der Waals surface area contributed by atoms with E-state index in [1.54, 1.807) is 0 Å². The highest BCUT2D eigenvalue weighted by Crippen LogP contribution is 2.41. The van der Waals surface area contributed by atoms with Gasteiger partial charge in [0.05, 0.1) is 0 Å². The monoisotopic (exact) mass is 519 g/mol. The molecule has 0 spiro atoms. The van der Waals surface area contributed by atoms with Crippen molar-refractivity contribution in [3.63, 3.8) is 0 Å². The van der Waals surface area contributed by atoms with E-state index >= 15 is 0 Å². The molecule has 0 bridgehead atoms. The second kappa shape index (κ2) is 9.90. The van der Waals surface area contributed by atoms with E-state index < -0.39 is 0 Å². The van der Waals surface area contributed by atoms with E-state index in [0.29, 0.717) is 11.9 Å². The topological polar surface area (TPSA) is 96.9 Å². The fraction of sp³-hybridized carbons (Fsp3) is 0.581. The number of Topliss-reactive ketones (excluding diaryl/α,β-unsaturated/α-hetero) is 2. The number of nitrogens with one attached hydrogen (secondary N) is 2. The lowest BCUT2D eigenvalue weighted by molar-refractivity contribution is -0.122. The first kappa shape index (κ1) is 29.5. The molecule has 38 heavy (non-hydrogen) atoms. The number of carbonyl (C=O) groups excluding carboxylic acids is 2. The lowest BCUT2D eigenvalue weighted by atomic mass is 9.69. The van der Waals surface area contributed by atoms with Crippen molar-refractivity contribution in [1.29, 1.82) is 0 Å². The van der Waals surface area contributed by atoms with E-state index in [1.165, 1.54) is 6.33 Å². The Kier molecular flexibility index (Phi) is 7.68. The van der Waals surface area contributed by atoms with Crippen LogP contribution < -0.4 is 10.6 Å². The van der Waals surface area contributed by atoms with Gasteiger partial charge in [-0.25, -0.2) is 9.97 Å². The van der Waals surface area contributed by atoms with Crippen LogP contribution in [0.2, 0.25) is 0 Å². The van der Waals surface area contributed by atoms with Crippen LogP contribution in [-0.2, 0) is 9.59 Å². The standard InChI is InChI=1S/C31H45N5O2/c1-28(2,3)20-13-18(14-21(24(20)37)29(4,5)6)34-26-32-17-33-27(36-26)35-19-15-22(30(7,8)9)25(38)23(16-19)31(10,11)12/h13-17,20,22H,1-12H3,(H2,32,33,34,35,36). The Morgan fingerprint density at radius 2 is 0.947 bits per heavy atom. The van der Waals surface area contributed by atoms with Crippen molar-refractivity contribution in [2.24, 2.45) is 33.5 Å². The summed E-state index contributed by atoms with van der Waals surface area (Å²) in [6, 6.07) is 0. The molecule has 1 aromatic rings. The van der Waals surface area contributed by atoms with E-state index in [9.17, 15) is 9.59 Å². The van der Waals surface area contributed by atoms with Gasteiger partial charge in [0.25, 0.3) is 0 Å². The van der Waals surface area contributed by atoms with Gasteiger partial charge in [0.15, 0.2) is 11.6 Å². The van der Waals surface area contributed by atoms with Gasteiger partial charge in [0.2, 0.25) is 11.9 Å². The second-order valence-electron chi connectivity index (χ2n) is 14.7. The molecule has 2 aliphatic carbocycles. The fourth-order valence-corrected chi connectivity index (χ4v) is 4.68. The maximum atomic E-state index is 13.3. The Labute approximate surface area is 228 Å². The van der Waals surface area contributed by atoms with E-state index in [-0.39, 0.29) is 45.1 Å². The van der Waals surface area contributed by atoms with Crippen LogP contribution in [0.1, 0.15) is 83.1 Å². The Bertz CT molecular complexity index is 1150.